The molecular formula is C8H8BBr. The molecule has 50 valence electrons. The van der Waals surface area contributed by atoms with Crippen LogP contribution in [0.3, 0.4) is 0 Å². The van der Waals surface area contributed by atoms with Crippen LogP contribution in [0.5, 0.6) is 0 Å². The maximum Gasteiger partial charge on any atom is 0.115 e. The molecule has 0 saturated carbocycles. The number of benzene rings is 1. The number of hydrogen-bond acceptors (Lipinski definition) is 0. The Morgan fingerprint density at radius 2 is 1.90 bits per heavy atom. The zero-order valence-corrected chi connectivity index (χ0v) is 7.70. The Bertz CT molecular complexity index is 232. The van der Waals surface area contributed by atoms with Crippen molar-refractivity contribution in [1.29, 1.82) is 0 Å². The Morgan fingerprint density at radius 1 is 1.30 bits per heavy atom. The summed E-state index contributed by atoms with van der Waals surface area (Å²) >= 11 is 3.39. The topological polar surface area (TPSA) is 0 Å². The van der Waals surface area contributed by atoms with E-state index in [4.69, 9.17) is 7.85 Å². The van der Waals surface area contributed by atoms with Crippen LogP contribution >= 0.6 is 15.9 Å². The summed E-state index contributed by atoms with van der Waals surface area (Å²) in [6, 6.07) is 4.05. The Morgan fingerprint density at radius 3 is 2.40 bits per heavy atom. The molecule has 2 radical (unpaired) electrons. The average molecular weight is 195 g/mol. The monoisotopic (exact) mass is 194 g/mol. The van der Waals surface area contributed by atoms with Crippen LogP contribution in [0.1, 0.15) is 11.1 Å². The van der Waals surface area contributed by atoms with Gasteiger partial charge in [-0.15, -0.1) is 0 Å². The van der Waals surface area contributed by atoms with E-state index in [1.807, 2.05) is 19.9 Å². The van der Waals surface area contributed by atoms with Gasteiger partial charge in [0.15, 0.2) is 0 Å². The summed E-state index contributed by atoms with van der Waals surface area (Å²) in [5.41, 5.74) is 3.22. The van der Waals surface area contributed by atoms with E-state index in [0.29, 0.717) is 0 Å². The largest absolute Gasteiger partial charge is 0.115 e. The van der Waals surface area contributed by atoms with E-state index in [2.05, 4.69) is 22.0 Å². The molecule has 0 spiro atoms. The first kappa shape index (κ1) is 7.87. The van der Waals surface area contributed by atoms with Gasteiger partial charge < -0.3 is 0 Å². The van der Waals surface area contributed by atoms with Crippen molar-refractivity contribution in [3.8, 4) is 0 Å². The lowest BCUT2D eigenvalue weighted by atomic mass is 9.93. The average Bonchev–Trinajstić information content (AvgIpc) is 1.82. The fraction of sp³-hybridized carbons (Fsp3) is 0.250. The van der Waals surface area contributed by atoms with Crippen molar-refractivity contribution >= 4 is 29.2 Å². The fourth-order valence-corrected chi connectivity index (χ4v) is 1.21. The van der Waals surface area contributed by atoms with Crippen molar-refractivity contribution < 1.29 is 0 Å². The minimum absolute atomic E-state index is 0.817. The van der Waals surface area contributed by atoms with Gasteiger partial charge in [0.05, 0.1) is 0 Å². The molecule has 1 rings (SSSR count). The minimum Gasteiger partial charge on any atom is -0.0822 e. The molecule has 0 heterocycles. The van der Waals surface area contributed by atoms with Crippen LogP contribution in [0, 0.1) is 13.8 Å². The lowest BCUT2D eigenvalue weighted by molar-refractivity contribution is 1.38. The highest BCUT2D eigenvalue weighted by molar-refractivity contribution is 9.10. The number of aryl methyl sites for hydroxylation is 2. The van der Waals surface area contributed by atoms with Crippen LogP contribution in [0.25, 0.3) is 0 Å². The van der Waals surface area contributed by atoms with Gasteiger partial charge in [-0.25, -0.2) is 0 Å². The highest BCUT2D eigenvalue weighted by Gasteiger charge is 1.97. The lowest BCUT2D eigenvalue weighted by Gasteiger charge is -2.03. The predicted molar refractivity (Wildman–Crippen MR) is 49.0 cm³/mol. The first-order chi connectivity index (χ1) is 4.61. The van der Waals surface area contributed by atoms with E-state index in [-0.39, 0.29) is 0 Å². The quantitative estimate of drug-likeness (QED) is 0.554. The standard InChI is InChI=1S/C8H8BBr/c1-5-3-6(2)8(10)7(9)4-5/h3-4H,1-2H3. The summed E-state index contributed by atoms with van der Waals surface area (Å²) < 4.78 is 1.01. The summed E-state index contributed by atoms with van der Waals surface area (Å²) in [5.74, 6) is 0. The molecule has 0 saturated heterocycles. The predicted octanol–water partition coefficient (Wildman–Crippen LogP) is 1.86. The van der Waals surface area contributed by atoms with Gasteiger partial charge in [0.2, 0.25) is 0 Å². The maximum atomic E-state index is 5.67. The Balaban J connectivity index is 3.31. The zero-order valence-electron chi connectivity index (χ0n) is 6.11. The van der Waals surface area contributed by atoms with Gasteiger partial charge in [0.25, 0.3) is 0 Å². The third-order valence-electron chi connectivity index (χ3n) is 1.43. The molecule has 0 atom stereocenters. The molecule has 0 fully saturated rings. The maximum absolute atomic E-state index is 5.67. The second kappa shape index (κ2) is 2.79. The molecule has 1 aromatic carbocycles. The van der Waals surface area contributed by atoms with E-state index in [1.54, 1.807) is 0 Å². The first-order valence-electron chi connectivity index (χ1n) is 3.13. The molecular weight excluding hydrogens is 187 g/mol. The Hall–Kier alpha value is -0.235. The van der Waals surface area contributed by atoms with Crippen LogP contribution in [-0.4, -0.2) is 7.85 Å². The van der Waals surface area contributed by atoms with E-state index in [9.17, 15) is 0 Å². The van der Waals surface area contributed by atoms with Crippen molar-refractivity contribution in [2.75, 3.05) is 0 Å². The van der Waals surface area contributed by atoms with E-state index in [1.165, 1.54) is 11.1 Å². The van der Waals surface area contributed by atoms with Crippen LogP contribution < -0.4 is 5.46 Å². The zero-order chi connectivity index (χ0) is 7.72. The Labute approximate surface area is 71.2 Å². The fourth-order valence-electron chi connectivity index (χ4n) is 0.983. The molecule has 1 aromatic rings. The molecule has 0 aliphatic rings. The number of hydrogen-bond donors (Lipinski definition) is 0. The summed E-state index contributed by atoms with van der Waals surface area (Å²) in [6.45, 7) is 4.07. The second-order valence-corrected chi connectivity index (χ2v) is 3.28. The van der Waals surface area contributed by atoms with Gasteiger partial charge in [0.1, 0.15) is 7.85 Å². The molecule has 0 unspecified atom stereocenters. The van der Waals surface area contributed by atoms with Gasteiger partial charge in [-0.1, -0.05) is 39.1 Å². The normalized spacial score (nSPS) is 9.90. The molecule has 0 aliphatic carbocycles. The molecule has 0 amide bonds. The molecule has 0 bridgehead atoms. The van der Waals surface area contributed by atoms with Gasteiger partial charge in [-0.2, -0.15) is 0 Å². The van der Waals surface area contributed by atoms with Crippen molar-refractivity contribution in [3.05, 3.63) is 27.7 Å². The van der Waals surface area contributed by atoms with Crippen LogP contribution in [0.2, 0.25) is 0 Å². The van der Waals surface area contributed by atoms with Gasteiger partial charge in [-0.3, -0.25) is 0 Å². The summed E-state index contributed by atoms with van der Waals surface area (Å²) in [4.78, 5) is 0. The highest BCUT2D eigenvalue weighted by Crippen LogP contribution is 2.13. The number of halogens is 1. The second-order valence-electron chi connectivity index (χ2n) is 2.49. The van der Waals surface area contributed by atoms with Crippen molar-refractivity contribution in [3.63, 3.8) is 0 Å². The lowest BCUT2D eigenvalue weighted by Crippen LogP contribution is -2.06. The highest BCUT2D eigenvalue weighted by atomic mass is 79.9. The molecule has 10 heavy (non-hydrogen) atoms. The first-order valence-corrected chi connectivity index (χ1v) is 3.93. The van der Waals surface area contributed by atoms with E-state index >= 15 is 0 Å². The summed E-state index contributed by atoms with van der Waals surface area (Å²) in [6.07, 6.45) is 0. The van der Waals surface area contributed by atoms with E-state index < -0.39 is 0 Å². The molecule has 2 heteroatoms. The minimum atomic E-state index is 0.817. The summed E-state index contributed by atoms with van der Waals surface area (Å²) in [7, 11) is 5.67. The van der Waals surface area contributed by atoms with E-state index in [0.717, 1.165) is 9.94 Å². The number of rotatable bonds is 0. The SMILES string of the molecule is [B]c1cc(C)cc(C)c1Br. The van der Waals surface area contributed by atoms with Gasteiger partial charge in [0, 0.05) is 4.47 Å². The summed E-state index contributed by atoms with van der Waals surface area (Å²) in [5, 5.41) is 0. The molecule has 0 aliphatic heterocycles. The van der Waals surface area contributed by atoms with Crippen LogP contribution in [-0.2, 0) is 0 Å². The third-order valence-corrected chi connectivity index (χ3v) is 2.51. The van der Waals surface area contributed by atoms with Gasteiger partial charge in [-0.05, 0) is 19.4 Å². The smallest absolute Gasteiger partial charge is 0.0822 e. The molecule has 0 aromatic heterocycles. The van der Waals surface area contributed by atoms with Crippen molar-refractivity contribution in [1.82, 2.24) is 0 Å². The van der Waals surface area contributed by atoms with Crippen molar-refractivity contribution in [2.45, 2.75) is 13.8 Å². The third kappa shape index (κ3) is 1.43. The Kier molecular flexibility index (Phi) is 2.19. The van der Waals surface area contributed by atoms with Crippen LogP contribution in [0.4, 0.5) is 0 Å². The van der Waals surface area contributed by atoms with Crippen LogP contribution in [0.15, 0.2) is 16.6 Å². The van der Waals surface area contributed by atoms with Crippen molar-refractivity contribution in [2.24, 2.45) is 0 Å². The van der Waals surface area contributed by atoms with Gasteiger partial charge >= 0.3 is 0 Å². The molecule has 0 nitrogen and oxygen atoms in total. The molecule has 0 N–H and O–H groups in total.